The van der Waals surface area contributed by atoms with Crippen LogP contribution in [0.25, 0.3) is 0 Å². The Morgan fingerprint density at radius 1 is 0.976 bits per heavy atom. The lowest BCUT2D eigenvalue weighted by molar-refractivity contribution is -0.140. The number of hydrogen-bond acceptors (Lipinski definition) is 5. The van der Waals surface area contributed by atoms with E-state index in [9.17, 15) is 18.0 Å². The van der Waals surface area contributed by atoms with Crippen molar-refractivity contribution in [3.05, 3.63) is 88.4 Å². The summed E-state index contributed by atoms with van der Waals surface area (Å²) in [4.78, 5) is 28.7. The van der Waals surface area contributed by atoms with Gasteiger partial charge < -0.3 is 15.0 Å². The van der Waals surface area contributed by atoms with Gasteiger partial charge in [-0.15, -0.1) is 0 Å². The molecule has 3 rings (SSSR count). The molecule has 41 heavy (non-hydrogen) atoms. The van der Waals surface area contributed by atoms with Crippen LogP contribution in [-0.2, 0) is 26.2 Å². The molecule has 0 fully saturated rings. The average Bonchev–Trinajstić information content (AvgIpc) is 2.91. The SMILES string of the molecule is COc1ccc(CN(C(=O)CN(c2cc(Cl)ccc2C)S(=O)(=O)c2ccc(C)cc2)C(C)C(=O)NC(C)(C)C)cc1. The van der Waals surface area contributed by atoms with Crippen LogP contribution in [0.15, 0.2) is 71.6 Å². The normalized spacial score (nSPS) is 12.4. The van der Waals surface area contributed by atoms with Gasteiger partial charge in [-0.25, -0.2) is 8.42 Å². The van der Waals surface area contributed by atoms with Gasteiger partial charge in [0.1, 0.15) is 18.3 Å². The minimum Gasteiger partial charge on any atom is -0.497 e. The average molecular weight is 600 g/mol. The van der Waals surface area contributed by atoms with Crippen LogP contribution < -0.4 is 14.4 Å². The maximum absolute atomic E-state index is 14.1. The molecule has 3 aromatic rings. The summed E-state index contributed by atoms with van der Waals surface area (Å²) in [7, 11) is -2.63. The van der Waals surface area contributed by atoms with Crippen molar-refractivity contribution in [2.45, 2.75) is 64.6 Å². The number of rotatable bonds is 10. The monoisotopic (exact) mass is 599 g/mol. The second-order valence-corrected chi connectivity index (χ2v) is 13.3. The highest BCUT2D eigenvalue weighted by Crippen LogP contribution is 2.30. The number of nitrogens with one attached hydrogen (secondary N) is 1. The van der Waals surface area contributed by atoms with E-state index in [4.69, 9.17) is 16.3 Å². The van der Waals surface area contributed by atoms with Crippen LogP contribution in [0.5, 0.6) is 5.75 Å². The maximum Gasteiger partial charge on any atom is 0.264 e. The van der Waals surface area contributed by atoms with E-state index in [1.807, 2.05) is 27.7 Å². The zero-order valence-electron chi connectivity index (χ0n) is 24.6. The van der Waals surface area contributed by atoms with Gasteiger partial charge in [0.25, 0.3) is 10.0 Å². The van der Waals surface area contributed by atoms with Crippen LogP contribution in [0.1, 0.15) is 44.4 Å². The van der Waals surface area contributed by atoms with E-state index in [0.717, 1.165) is 15.4 Å². The largest absolute Gasteiger partial charge is 0.497 e. The van der Waals surface area contributed by atoms with Gasteiger partial charge in [-0.2, -0.15) is 0 Å². The fraction of sp³-hybridized carbons (Fsp3) is 0.355. The molecule has 0 aliphatic rings. The highest BCUT2D eigenvalue weighted by molar-refractivity contribution is 7.92. The number of carbonyl (C=O) groups excluding carboxylic acids is 2. The van der Waals surface area contributed by atoms with Crippen molar-refractivity contribution in [1.82, 2.24) is 10.2 Å². The Morgan fingerprint density at radius 2 is 1.59 bits per heavy atom. The standard InChI is InChI=1S/C31H38ClN3O5S/c1-21-8-16-27(17-9-21)41(38,39)35(28-18-25(32)13-10-22(28)2)20-29(36)34(23(3)30(37)33-31(4,5)6)19-24-11-14-26(40-7)15-12-24/h8-18,23H,19-20H2,1-7H3,(H,33,37). The lowest BCUT2D eigenvalue weighted by atomic mass is 10.1. The topological polar surface area (TPSA) is 96.0 Å². The van der Waals surface area contributed by atoms with Crippen molar-refractivity contribution in [2.75, 3.05) is 18.0 Å². The minimum absolute atomic E-state index is 0.0375. The molecular weight excluding hydrogens is 562 g/mol. The van der Waals surface area contributed by atoms with Gasteiger partial charge in [0.05, 0.1) is 17.7 Å². The van der Waals surface area contributed by atoms with Crippen molar-refractivity contribution in [2.24, 2.45) is 0 Å². The molecule has 0 aliphatic carbocycles. The van der Waals surface area contributed by atoms with Gasteiger partial charge >= 0.3 is 0 Å². The first-order valence-corrected chi connectivity index (χ1v) is 15.0. The molecule has 0 saturated carbocycles. The van der Waals surface area contributed by atoms with Crippen LogP contribution in [0, 0.1) is 13.8 Å². The predicted octanol–water partition coefficient (Wildman–Crippen LogP) is 5.49. The summed E-state index contributed by atoms with van der Waals surface area (Å²) in [6.45, 7) is 10.3. The zero-order chi connectivity index (χ0) is 30.5. The summed E-state index contributed by atoms with van der Waals surface area (Å²) in [5, 5.41) is 3.25. The predicted molar refractivity (Wildman–Crippen MR) is 163 cm³/mol. The summed E-state index contributed by atoms with van der Waals surface area (Å²) in [5.74, 6) is -0.254. The number of anilines is 1. The van der Waals surface area contributed by atoms with Gasteiger partial charge in [0.15, 0.2) is 0 Å². The van der Waals surface area contributed by atoms with Gasteiger partial charge in [0, 0.05) is 17.1 Å². The third kappa shape index (κ3) is 8.24. The van der Waals surface area contributed by atoms with E-state index in [2.05, 4.69) is 5.32 Å². The third-order valence-electron chi connectivity index (χ3n) is 6.51. The first kappa shape index (κ1) is 32.0. The number of hydrogen-bond donors (Lipinski definition) is 1. The molecule has 1 atom stereocenters. The summed E-state index contributed by atoms with van der Waals surface area (Å²) in [6.07, 6.45) is 0. The Labute approximate surface area is 248 Å². The zero-order valence-corrected chi connectivity index (χ0v) is 26.1. The first-order chi connectivity index (χ1) is 19.1. The highest BCUT2D eigenvalue weighted by atomic mass is 35.5. The number of carbonyl (C=O) groups is 2. The lowest BCUT2D eigenvalue weighted by Gasteiger charge is -2.34. The van der Waals surface area contributed by atoms with Crippen LogP contribution in [-0.4, -0.2) is 50.4 Å². The molecule has 0 radical (unpaired) electrons. The molecule has 8 nitrogen and oxygen atoms in total. The molecule has 2 amide bonds. The van der Waals surface area contributed by atoms with Crippen molar-refractivity contribution in [3.63, 3.8) is 0 Å². The second-order valence-electron chi connectivity index (χ2n) is 11.0. The van der Waals surface area contributed by atoms with Crippen LogP contribution >= 0.6 is 11.6 Å². The Balaban J connectivity index is 2.07. The second kappa shape index (κ2) is 13.0. The molecule has 220 valence electrons. The van der Waals surface area contributed by atoms with E-state index in [0.29, 0.717) is 16.3 Å². The van der Waals surface area contributed by atoms with Crippen molar-refractivity contribution >= 4 is 39.1 Å². The van der Waals surface area contributed by atoms with E-state index in [1.165, 1.54) is 23.1 Å². The summed E-state index contributed by atoms with van der Waals surface area (Å²) >= 11 is 6.28. The summed E-state index contributed by atoms with van der Waals surface area (Å²) < 4.78 is 34.3. The Kier molecular flexibility index (Phi) is 10.1. The number of ether oxygens (including phenoxy) is 1. The fourth-order valence-electron chi connectivity index (χ4n) is 4.19. The van der Waals surface area contributed by atoms with Gasteiger partial charge in [-0.1, -0.05) is 47.5 Å². The molecular formula is C31H38ClN3O5S. The Bertz CT molecular complexity index is 1480. The van der Waals surface area contributed by atoms with E-state index < -0.39 is 34.1 Å². The number of sulfonamides is 1. The van der Waals surface area contributed by atoms with E-state index in [-0.39, 0.29) is 23.0 Å². The molecule has 0 aromatic heterocycles. The van der Waals surface area contributed by atoms with Crippen LogP contribution in [0.4, 0.5) is 5.69 Å². The number of nitrogens with zero attached hydrogens (tertiary/aromatic N) is 2. The van der Waals surface area contributed by atoms with E-state index in [1.54, 1.807) is 69.5 Å². The van der Waals surface area contributed by atoms with Gasteiger partial charge in [-0.3, -0.25) is 13.9 Å². The number of aryl methyl sites for hydroxylation is 2. The smallest absolute Gasteiger partial charge is 0.264 e. The van der Waals surface area contributed by atoms with Gasteiger partial charge in [-0.05, 0) is 89.1 Å². The van der Waals surface area contributed by atoms with Crippen molar-refractivity contribution < 1.29 is 22.7 Å². The summed E-state index contributed by atoms with van der Waals surface area (Å²) in [5.41, 5.74) is 2.02. The Hall–Kier alpha value is -3.56. The van der Waals surface area contributed by atoms with Crippen LogP contribution in [0.3, 0.4) is 0 Å². The quantitative estimate of drug-likeness (QED) is 0.332. The molecule has 0 aliphatic heterocycles. The van der Waals surface area contributed by atoms with Crippen LogP contribution in [0.2, 0.25) is 5.02 Å². The number of methoxy groups -OCH3 is 1. The molecule has 0 heterocycles. The maximum atomic E-state index is 14.1. The van der Waals surface area contributed by atoms with Gasteiger partial charge in [0.2, 0.25) is 11.8 Å². The Morgan fingerprint density at radius 3 is 2.15 bits per heavy atom. The molecule has 0 bridgehead atoms. The molecule has 0 spiro atoms. The first-order valence-electron chi connectivity index (χ1n) is 13.2. The minimum atomic E-state index is -4.19. The lowest BCUT2D eigenvalue weighted by Crippen LogP contribution is -2.54. The number of benzene rings is 3. The molecule has 0 saturated heterocycles. The molecule has 10 heteroatoms. The molecule has 1 unspecified atom stereocenters. The van der Waals surface area contributed by atoms with Crippen molar-refractivity contribution in [1.29, 1.82) is 0 Å². The van der Waals surface area contributed by atoms with E-state index >= 15 is 0 Å². The summed E-state index contributed by atoms with van der Waals surface area (Å²) in [6, 6.07) is 17.6. The van der Waals surface area contributed by atoms with Crippen molar-refractivity contribution in [3.8, 4) is 5.75 Å². The molecule has 1 N–H and O–H groups in total. The third-order valence-corrected chi connectivity index (χ3v) is 8.51. The number of amides is 2. The highest BCUT2D eigenvalue weighted by Gasteiger charge is 2.34. The molecule has 3 aromatic carbocycles. The number of halogens is 1. The fourth-order valence-corrected chi connectivity index (χ4v) is 5.82.